The van der Waals surface area contributed by atoms with E-state index < -0.39 is 0 Å². The van der Waals surface area contributed by atoms with Crippen LogP contribution in [0.2, 0.25) is 0 Å². The molecule has 2 fully saturated rings. The summed E-state index contributed by atoms with van der Waals surface area (Å²) in [5.41, 5.74) is 10.3. The molecule has 4 rings (SSSR count). The second kappa shape index (κ2) is 10.6. The van der Waals surface area contributed by atoms with Crippen LogP contribution in [0.3, 0.4) is 0 Å². The molecule has 0 amide bonds. The summed E-state index contributed by atoms with van der Waals surface area (Å²) >= 11 is 0. The van der Waals surface area contributed by atoms with Crippen LogP contribution in [-0.4, -0.2) is 11.4 Å². The molecule has 2 aliphatic rings. The van der Waals surface area contributed by atoms with Crippen LogP contribution in [0.25, 0.3) is 0 Å². The van der Waals surface area contributed by atoms with Gasteiger partial charge in [0.2, 0.25) is 0 Å². The van der Waals surface area contributed by atoms with Crippen LogP contribution in [0, 0.1) is 25.7 Å². The number of aliphatic imine (C=N–C) groups is 2. The molecule has 0 spiro atoms. The monoisotopic (exact) mass is 428 g/mol. The first-order chi connectivity index (χ1) is 15.5. The molecular formula is C30H40N2. The smallest absolute Gasteiger partial charge is 0.0658 e. The molecule has 2 aromatic rings. The zero-order chi connectivity index (χ0) is 22.5. The molecule has 2 aliphatic carbocycles. The lowest BCUT2D eigenvalue weighted by Crippen LogP contribution is -2.05. The second-order valence-corrected chi connectivity index (χ2v) is 10.2. The minimum absolute atomic E-state index is 0.701. The Morgan fingerprint density at radius 2 is 1.03 bits per heavy atom. The molecule has 0 saturated heterocycles. The van der Waals surface area contributed by atoms with E-state index in [4.69, 9.17) is 9.98 Å². The van der Waals surface area contributed by atoms with Gasteiger partial charge in [0.1, 0.15) is 0 Å². The first kappa shape index (κ1) is 23.0. The van der Waals surface area contributed by atoms with Gasteiger partial charge in [-0.05, 0) is 112 Å². The van der Waals surface area contributed by atoms with Gasteiger partial charge in [0.05, 0.1) is 11.4 Å². The lowest BCUT2D eigenvalue weighted by molar-refractivity contribution is 0.725. The maximum atomic E-state index is 4.98. The summed E-state index contributed by atoms with van der Waals surface area (Å²) < 4.78 is 0. The van der Waals surface area contributed by atoms with Gasteiger partial charge in [-0.25, -0.2) is 0 Å². The maximum absolute atomic E-state index is 4.98. The third-order valence-corrected chi connectivity index (χ3v) is 7.71. The molecule has 0 heterocycles. The summed E-state index contributed by atoms with van der Waals surface area (Å²) in [6.45, 7) is 8.84. The number of hydrogen-bond donors (Lipinski definition) is 0. The van der Waals surface area contributed by atoms with Crippen LogP contribution in [0.15, 0.2) is 46.4 Å². The first-order valence-corrected chi connectivity index (χ1v) is 12.8. The number of aryl methyl sites for hydroxylation is 4. The van der Waals surface area contributed by atoms with Gasteiger partial charge in [0.15, 0.2) is 0 Å². The van der Waals surface area contributed by atoms with Gasteiger partial charge in [-0.3, -0.25) is 9.98 Å². The van der Waals surface area contributed by atoms with E-state index in [2.05, 4.69) is 64.1 Å². The lowest BCUT2D eigenvalue weighted by Gasteiger charge is -2.12. The normalized spacial score (nSPS) is 18.6. The van der Waals surface area contributed by atoms with E-state index in [9.17, 15) is 0 Å². The van der Waals surface area contributed by atoms with Crippen molar-refractivity contribution in [3.8, 4) is 0 Å². The summed E-state index contributed by atoms with van der Waals surface area (Å²) in [5, 5.41) is 0. The van der Waals surface area contributed by atoms with Gasteiger partial charge in [-0.1, -0.05) is 49.9 Å². The van der Waals surface area contributed by atoms with E-state index >= 15 is 0 Å². The molecule has 2 aromatic carbocycles. The SMILES string of the molecule is CC(=Nc1ccc(CCc2ccc(N=C(C)C3CCCC3)c(C)c2)cc1C)C1CCCC1. The van der Waals surface area contributed by atoms with Crippen LogP contribution < -0.4 is 0 Å². The maximum Gasteiger partial charge on any atom is 0.0658 e. The van der Waals surface area contributed by atoms with Crippen molar-refractivity contribution in [3.05, 3.63) is 58.7 Å². The summed E-state index contributed by atoms with van der Waals surface area (Å²) in [7, 11) is 0. The summed E-state index contributed by atoms with van der Waals surface area (Å²) in [4.78, 5) is 9.96. The van der Waals surface area contributed by atoms with Crippen LogP contribution in [0.5, 0.6) is 0 Å². The largest absolute Gasteiger partial charge is 0.258 e. The van der Waals surface area contributed by atoms with Crippen molar-refractivity contribution in [2.45, 2.75) is 91.9 Å². The highest BCUT2D eigenvalue weighted by Crippen LogP contribution is 2.30. The highest BCUT2D eigenvalue weighted by molar-refractivity contribution is 5.88. The number of hydrogen-bond acceptors (Lipinski definition) is 2. The van der Waals surface area contributed by atoms with Crippen molar-refractivity contribution in [2.24, 2.45) is 21.8 Å². The van der Waals surface area contributed by atoms with Crippen LogP contribution in [0.1, 0.15) is 87.5 Å². The molecule has 2 heteroatoms. The Balaban J connectivity index is 1.38. The minimum atomic E-state index is 0.701. The molecule has 2 nitrogen and oxygen atoms in total. The fourth-order valence-electron chi connectivity index (χ4n) is 5.54. The Hall–Kier alpha value is -2.22. The molecular weight excluding hydrogens is 388 g/mol. The van der Waals surface area contributed by atoms with E-state index in [1.54, 1.807) is 0 Å². The fourth-order valence-corrected chi connectivity index (χ4v) is 5.54. The third-order valence-electron chi connectivity index (χ3n) is 7.71. The van der Waals surface area contributed by atoms with Gasteiger partial charge in [-0.15, -0.1) is 0 Å². The quantitative estimate of drug-likeness (QED) is 0.394. The predicted octanol–water partition coefficient (Wildman–Crippen LogP) is 8.65. The Morgan fingerprint density at radius 1 is 0.656 bits per heavy atom. The van der Waals surface area contributed by atoms with Gasteiger partial charge in [0.25, 0.3) is 0 Å². The molecule has 0 unspecified atom stereocenters. The number of nitrogens with zero attached hydrogens (tertiary/aromatic N) is 2. The average molecular weight is 429 g/mol. The van der Waals surface area contributed by atoms with Crippen molar-refractivity contribution >= 4 is 22.8 Å². The van der Waals surface area contributed by atoms with Crippen LogP contribution in [0.4, 0.5) is 11.4 Å². The molecule has 0 aliphatic heterocycles. The van der Waals surface area contributed by atoms with Crippen molar-refractivity contribution < 1.29 is 0 Å². The van der Waals surface area contributed by atoms with Crippen molar-refractivity contribution in [1.29, 1.82) is 0 Å². The average Bonchev–Trinajstić information content (AvgIpc) is 3.50. The molecule has 0 N–H and O–H groups in total. The van der Waals surface area contributed by atoms with E-state index in [1.807, 2.05) is 0 Å². The topological polar surface area (TPSA) is 24.7 Å². The summed E-state index contributed by atoms with van der Waals surface area (Å²) in [5.74, 6) is 1.40. The van der Waals surface area contributed by atoms with Crippen molar-refractivity contribution in [2.75, 3.05) is 0 Å². The van der Waals surface area contributed by atoms with Crippen molar-refractivity contribution in [3.63, 3.8) is 0 Å². The highest BCUT2D eigenvalue weighted by atomic mass is 14.8. The van der Waals surface area contributed by atoms with Crippen LogP contribution >= 0.6 is 0 Å². The fraction of sp³-hybridized carbons (Fsp3) is 0.533. The zero-order valence-corrected chi connectivity index (χ0v) is 20.6. The van der Waals surface area contributed by atoms with E-state index in [-0.39, 0.29) is 0 Å². The van der Waals surface area contributed by atoms with Crippen molar-refractivity contribution in [1.82, 2.24) is 0 Å². The zero-order valence-electron chi connectivity index (χ0n) is 20.6. The van der Waals surface area contributed by atoms with Gasteiger partial charge in [-0.2, -0.15) is 0 Å². The molecule has 32 heavy (non-hydrogen) atoms. The molecule has 0 aromatic heterocycles. The summed E-state index contributed by atoms with van der Waals surface area (Å²) in [6.07, 6.45) is 12.8. The molecule has 2 saturated carbocycles. The number of benzene rings is 2. The Kier molecular flexibility index (Phi) is 7.60. The number of rotatable bonds is 7. The summed E-state index contributed by atoms with van der Waals surface area (Å²) in [6, 6.07) is 13.6. The van der Waals surface area contributed by atoms with Crippen LogP contribution in [-0.2, 0) is 12.8 Å². The van der Waals surface area contributed by atoms with Gasteiger partial charge >= 0.3 is 0 Å². The van der Waals surface area contributed by atoms with Gasteiger partial charge < -0.3 is 0 Å². The first-order valence-electron chi connectivity index (χ1n) is 12.8. The van der Waals surface area contributed by atoms with E-state index in [0.29, 0.717) is 11.8 Å². The third kappa shape index (κ3) is 5.77. The molecule has 0 radical (unpaired) electrons. The Labute approximate surface area is 195 Å². The Bertz CT molecular complexity index is 904. The molecule has 170 valence electrons. The second-order valence-electron chi connectivity index (χ2n) is 10.2. The molecule has 0 bridgehead atoms. The van der Waals surface area contributed by atoms with E-state index in [1.165, 1.54) is 85.0 Å². The predicted molar refractivity (Wildman–Crippen MR) is 139 cm³/mol. The van der Waals surface area contributed by atoms with Gasteiger partial charge in [0, 0.05) is 11.4 Å². The highest BCUT2D eigenvalue weighted by Gasteiger charge is 2.18. The minimum Gasteiger partial charge on any atom is -0.258 e. The van der Waals surface area contributed by atoms with E-state index in [0.717, 1.165) is 24.2 Å². The lowest BCUT2D eigenvalue weighted by atomic mass is 9.99. The molecule has 0 atom stereocenters. The standard InChI is InChI=1S/C30H40N2/c1-21-19-25(15-17-29(21)31-23(3)27-9-5-6-10-27)13-14-26-16-18-30(22(2)20-26)32-24(4)28-11-7-8-12-28/h15-20,27-28H,5-14H2,1-4H3. The Morgan fingerprint density at radius 3 is 1.38 bits per heavy atom.